The molecule has 0 saturated heterocycles. The van der Waals surface area contributed by atoms with Gasteiger partial charge in [-0.15, -0.1) is 11.3 Å². The number of thiophene rings is 1. The van der Waals surface area contributed by atoms with E-state index in [4.69, 9.17) is 0 Å². The van der Waals surface area contributed by atoms with Crippen molar-refractivity contribution < 1.29 is 8.42 Å². The van der Waals surface area contributed by atoms with Gasteiger partial charge in [0.1, 0.15) is 4.90 Å². The number of halogens is 2. The third-order valence-electron chi connectivity index (χ3n) is 1.18. The molecule has 0 fully saturated rings. The Morgan fingerprint density at radius 3 is 2.42 bits per heavy atom. The topological polar surface area (TPSA) is 46.2 Å². The first-order valence-electron chi connectivity index (χ1n) is 2.86. The van der Waals surface area contributed by atoms with Gasteiger partial charge in [-0.05, 0) is 45.0 Å². The number of hydrogen-bond donors (Lipinski definition) is 1. The van der Waals surface area contributed by atoms with E-state index in [-0.39, 0.29) is 4.90 Å². The molecule has 1 N–H and O–H groups in total. The summed E-state index contributed by atoms with van der Waals surface area (Å²) < 4.78 is 26.2. The Morgan fingerprint density at radius 1 is 1.50 bits per heavy atom. The summed E-state index contributed by atoms with van der Waals surface area (Å²) >= 11 is 7.69. The Balaban J connectivity index is 3.29. The normalized spacial score (nSPS) is 11.9. The summed E-state index contributed by atoms with van der Waals surface area (Å²) in [6.07, 6.45) is 0. The van der Waals surface area contributed by atoms with Crippen molar-refractivity contribution in [1.29, 1.82) is 0 Å². The second-order valence-corrected chi connectivity index (χ2v) is 7.50. The molecule has 0 atom stereocenters. The van der Waals surface area contributed by atoms with Crippen LogP contribution in [-0.2, 0) is 10.0 Å². The second-order valence-electron chi connectivity index (χ2n) is 1.90. The van der Waals surface area contributed by atoms with Gasteiger partial charge in [0.05, 0.1) is 7.57 Å². The van der Waals surface area contributed by atoms with Crippen molar-refractivity contribution in [2.45, 2.75) is 4.90 Å². The molecule has 1 aromatic heterocycles. The predicted octanol–water partition coefficient (Wildman–Crippen LogP) is 2.18. The first kappa shape index (κ1) is 10.6. The van der Waals surface area contributed by atoms with Gasteiger partial charge >= 0.3 is 0 Å². The van der Waals surface area contributed by atoms with Gasteiger partial charge in [0.2, 0.25) is 10.0 Å². The van der Waals surface area contributed by atoms with E-state index in [0.29, 0.717) is 3.79 Å². The molecule has 0 bridgehead atoms. The minimum absolute atomic E-state index is 0.266. The van der Waals surface area contributed by atoms with Crippen LogP contribution in [0.15, 0.2) is 18.5 Å². The van der Waals surface area contributed by atoms with Crippen molar-refractivity contribution in [3.8, 4) is 0 Å². The highest BCUT2D eigenvalue weighted by Gasteiger charge is 2.17. The fourth-order valence-corrected chi connectivity index (χ4v) is 5.15. The zero-order valence-corrected chi connectivity index (χ0v) is 10.8. The van der Waals surface area contributed by atoms with Gasteiger partial charge in [-0.1, -0.05) is 0 Å². The lowest BCUT2D eigenvalue weighted by Crippen LogP contribution is -2.18. The lowest BCUT2D eigenvalue weighted by molar-refractivity contribution is 0.588. The van der Waals surface area contributed by atoms with Gasteiger partial charge < -0.3 is 0 Å². The maximum absolute atomic E-state index is 11.3. The monoisotopic (exact) mass is 333 g/mol. The van der Waals surface area contributed by atoms with Crippen LogP contribution in [-0.4, -0.2) is 15.5 Å². The molecule has 68 valence electrons. The Kier molecular flexibility index (Phi) is 3.33. The minimum atomic E-state index is -3.32. The summed E-state index contributed by atoms with van der Waals surface area (Å²) in [4.78, 5) is 0.266. The summed E-state index contributed by atoms with van der Waals surface area (Å²) in [5, 5.41) is 0. The van der Waals surface area contributed by atoms with Crippen molar-refractivity contribution in [3.05, 3.63) is 13.6 Å². The Bertz CT molecular complexity index is 384. The van der Waals surface area contributed by atoms with Gasteiger partial charge in [0.25, 0.3) is 0 Å². The molecule has 7 heteroatoms. The molecular weight excluding hydrogens is 330 g/mol. The van der Waals surface area contributed by atoms with Crippen LogP contribution in [0.3, 0.4) is 0 Å². The van der Waals surface area contributed by atoms with Crippen LogP contribution >= 0.6 is 43.2 Å². The highest BCUT2D eigenvalue weighted by molar-refractivity contribution is 9.12. The number of sulfonamides is 1. The molecule has 0 aromatic carbocycles. The van der Waals surface area contributed by atoms with E-state index in [0.717, 1.165) is 3.79 Å². The van der Waals surface area contributed by atoms with E-state index in [9.17, 15) is 8.42 Å². The number of nitrogens with one attached hydrogen (secondary N) is 1. The molecule has 0 saturated carbocycles. The highest BCUT2D eigenvalue weighted by Crippen LogP contribution is 2.34. The van der Waals surface area contributed by atoms with E-state index in [1.807, 2.05) is 0 Å². The number of hydrogen-bond acceptors (Lipinski definition) is 3. The van der Waals surface area contributed by atoms with E-state index < -0.39 is 10.0 Å². The van der Waals surface area contributed by atoms with E-state index in [1.54, 1.807) is 6.07 Å². The molecular formula is C5H5Br2NO2S2. The summed E-state index contributed by atoms with van der Waals surface area (Å²) in [5.74, 6) is 0. The molecule has 1 heterocycles. The average molecular weight is 335 g/mol. The quantitative estimate of drug-likeness (QED) is 0.901. The molecule has 0 aliphatic carbocycles. The van der Waals surface area contributed by atoms with Gasteiger partial charge in [0.15, 0.2) is 0 Å². The van der Waals surface area contributed by atoms with Crippen LogP contribution in [0.5, 0.6) is 0 Å². The second kappa shape index (κ2) is 3.75. The van der Waals surface area contributed by atoms with Crippen LogP contribution in [0.2, 0.25) is 0 Å². The smallest absolute Gasteiger partial charge is 0.214 e. The summed E-state index contributed by atoms with van der Waals surface area (Å²) in [6.45, 7) is 0. The summed E-state index contributed by atoms with van der Waals surface area (Å²) in [7, 11) is -1.94. The van der Waals surface area contributed by atoms with Gasteiger partial charge in [-0.3, -0.25) is 0 Å². The van der Waals surface area contributed by atoms with Crippen molar-refractivity contribution in [2.24, 2.45) is 0 Å². The predicted molar refractivity (Wildman–Crippen MR) is 56.0 cm³/mol. The molecule has 12 heavy (non-hydrogen) atoms. The van der Waals surface area contributed by atoms with E-state index in [2.05, 4.69) is 36.6 Å². The fraction of sp³-hybridized carbons (Fsp3) is 0.200. The highest BCUT2D eigenvalue weighted by atomic mass is 79.9. The maximum atomic E-state index is 11.3. The third-order valence-corrected chi connectivity index (χ3v) is 5.35. The largest absolute Gasteiger partial charge is 0.242 e. The van der Waals surface area contributed by atoms with Gasteiger partial charge in [-0.25, -0.2) is 13.1 Å². The lowest BCUT2D eigenvalue weighted by atomic mass is 10.7. The van der Waals surface area contributed by atoms with Crippen molar-refractivity contribution in [1.82, 2.24) is 4.72 Å². The Labute approximate surface area is 91.5 Å². The molecule has 0 unspecified atom stereocenters. The summed E-state index contributed by atoms with van der Waals surface area (Å²) in [5.41, 5.74) is 0. The molecule has 1 rings (SSSR count). The molecule has 0 radical (unpaired) electrons. The Morgan fingerprint density at radius 2 is 2.08 bits per heavy atom. The van der Waals surface area contributed by atoms with Crippen LogP contribution in [0.25, 0.3) is 0 Å². The van der Waals surface area contributed by atoms with Gasteiger partial charge in [0, 0.05) is 0 Å². The van der Waals surface area contributed by atoms with Crippen molar-refractivity contribution in [2.75, 3.05) is 7.05 Å². The van der Waals surface area contributed by atoms with Crippen LogP contribution in [0.4, 0.5) is 0 Å². The van der Waals surface area contributed by atoms with Crippen LogP contribution in [0.1, 0.15) is 0 Å². The summed E-state index contributed by atoms with van der Waals surface area (Å²) in [6, 6.07) is 1.56. The fourth-order valence-electron chi connectivity index (χ4n) is 0.618. The molecule has 0 aliphatic heterocycles. The molecule has 3 nitrogen and oxygen atoms in total. The Hall–Kier alpha value is 0.570. The molecule has 0 aliphatic rings. The molecule has 0 spiro atoms. The van der Waals surface area contributed by atoms with Crippen molar-refractivity contribution >= 4 is 53.2 Å². The molecule has 0 amide bonds. The van der Waals surface area contributed by atoms with E-state index >= 15 is 0 Å². The zero-order chi connectivity index (χ0) is 9.35. The molecule has 1 aromatic rings. The van der Waals surface area contributed by atoms with Crippen molar-refractivity contribution in [3.63, 3.8) is 0 Å². The number of rotatable bonds is 2. The van der Waals surface area contributed by atoms with E-state index in [1.165, 1.54) is 18.4 Å². The first-order valence-corrected chi connectivity index (χ1v) is 6.74. The average Bonchev–Trinajstić information content (AvgIpc) is 2.31. The third kappa shape index (κ3) is 2.08. The first-order chi connectivity index (χ1) is 5.47. The minimum Gasteiger partial charge on any atom is -0.214 e. The standard InChI is InChI=1S/C5H5Br2NO2S2/c1-8-12(9,10)3-2-4(6)11-5(3)7/h2,8H,1H3. The van der Waals surface area contributed by atoms with Gasteiger partial charge in [-0.2, -0.15) is 0 Å². The SMILES string of the molecule is CNS(=O)(=O)c1cc(Br)sc1Br. The van der Waals surface area contributed by atoms with Crippen LogP contribution < -0.4 is 4.72 Å². The maximum Gasteiger partial charge on any atom is 0.242 e. The van der Waals surface area contributed by atoms with Crippen LogP contribution in [0, 0.1) is 0 Å². The zero-order valence-electron chi connectivity index (χ0n) is 5.97. The lowest BCUT2D eigenvalue weighted by Gasteiger charge is -1.97.